The van der Waals surface area contributed by atoms with Crippen LogP contribution in [0.25, 0.3) is 0 Å². The fraction of sp³-hybridized carbons (Fsp3) is 0.364. The van der Waals surface area contributed by atoms with Gasteiger partial charge in [0.2, 0.25) is 5.91 Å². The van der Waals surface area contributed by atoms with Crippen LogP contribution >= 0.6 is 0 Å². The number of fused-ring (bicyclic) bond motifs is 1. The van der Waals surface area contributed by atoms with Gasteiger partial charge >= 0.3 is 12.1 Å². The number of methoxy groups -OCH3 is 1. The van der Waals surface area contributed by atoms with Crippen LogP contribution in [0.5, 0.6) is 5.75 Å². The second kappa shape index (κ2) is 9.88. The Morgan fingerprint density at radius 1 is 1.09 bits per heavy atom. The van der Waals surface area contributed by atoms with Crippen LogP contribution in [0.1, 0.15) is 15.9 Å². The minimum Gasteiger partial charge on any atom is -0.497 e. The minimum atomic E-state index is -5.08. The lowest BCUT2D eigenvalue weighted by atomic mass is 10.0. The molecule has 2 atom stereocenters. The van der Waals surface area contributed by atoms with Crippen molar-refractivity contribution in [3.05, 3.63) is 59.9 Å². The molecule has 1 aromatic carbocycles. The van der Waals surface area contributed by atoms with Gasteiger partial charge in [-0.25, -0.2) is 4.79 Å². The van der Waals surface area contributed by atoms with Crippen molar-refractivity contribution in [1.29, 1.82) is 0 Å². The molecule has 0 unspecified atom stereocenters. The van der Waals surface area contributed by atoms with E-state index in [0.717, 1.165) is 11.3 Å². The maximum Gasteiger partial charge on any atom is 0.490 e. The minimum absolute atomic E-state index is 0.0173. The molecule has 176 valence electrons. The van der Waals surface area contributed by atoms with Gasteiger partial charge in [0.25, 0.3) is 5.91 Å². The van der Waals surface area contributed by atoms with Crippen LogP contribution in [0.15, 0.2) is 48.8 Å². The number of amides is 2. The summed E-state index contributed by atoms with van der Waals surface area (Å²) in [5, 5.41) is 7.12. The Kier molecular flexibility index (Phi) is 7.19. The molecule has 2 aromatic rings. The van der Waals surface area contributed by atoms with Gasteiger partial charge in [0, 0.05) is 50.1 Å². The number of carboxylic acids is 1. The number of aromatic nitrogens is 1. The first-order valence-corrected chi connectivity index (χ1v) is 10.0. The molecule has 3 heterocycles. The standard InChI is InChI=1S/C20H21N3O3.C2HF3O2/c1-26-17-4-2-14(3-5-17)10-22-11-16-12-23(13-18(16)20(22)25)19(24)15-6-8-21-9-7-15;3-2(4,5)1(6)7/h2-9,16,18H,10-13H2,1H3;(H,6,7)/t16-,18+;/m1./s1. The molecule has 33 heavy (non-hydrogen) atoms. The molecule has 4 rings (SSSR count). The summed E-state index contributed by atoms with van der Waals surface area (Å²) in [7, 11) is 1.64. The van der Waals surface area contributed by atoms with Crippen LogP contribution in [0.4, 0.5) is 13.2 Å². The largest absolute Gasteiger partial charge is 0.497 e. The van der Waals surface area contributed by atoms with E-state index < -0.39 is 12.1 Å². The number of alkyl halides is 3. The zero-order valence-corrected chi connectivity index (χ0v) is 17.7. The van der Waals surface area contributed by atoms with Crippen molar-refractivity contribution in [2.24, 2.45) is 11.8 Å². The lowest BCUT2D eigenvalue weighted by Crippen LogP contribution is -2.35. The number of carboxylic acid groups (broad SMARTS) is 1. The van der Waals surface area contributed by atoms with Crippen molar-refractivity contribution >= 4 is 17.8 Å². The molecule has 2 fully saturated rings. The lowest BCUT2D eigenvalue weighted by molar-refractivity contribution is -0.192. The molecule has 11 heteroatoms. The summed E-state index contributed by atoms with van der Waals surface area (Å²) in [5.41, 5.74) is 1.71. The number of nitrogens with zero attached hydrogens (tertiary/aromatic N) is 3. The Labute approximate surface area is 187 Å². The number of ether oxygens (including phenoxy) is 1. The predicted molar refractivity (Wildman–Crippen MR) is 109 cm³/mol. The van der Waals surface area contributed by atoms with Crippen LogP contribution in [-0.4, -0.2) is 70.6 Å². The Morgan fingerprint density at radius 3 is 2.21 bits per heavy atom. The number of aliphatic carboxylic acids is 1. The van der Waals surface area contributed by atoms with E-state index in [-0.39, 0.29) is 23.7 Å². The van der Waals surface area contributed by atoms with Crippen LogP contribution in [-0.2, 0) is 16.1 Å². The Bertz CT molecular complexity index is 999. The molecule has 1 N–H and O–H groups in total. The monoisotopic (exact) mass is 465 g/mol. The third-order valence-electron chi connectivity index (χ3n) is 5.51. The highest BCUT2D eigenvalue weighted by Crippen LogP contribution is 2.34. The molecule has 0 aliphatic carbocycles. The topological polar surface area (TPSA) is 100 Å². The third kappa shape index (κ3) is 5.79. The van der Waals surface area contributed by atoms with Crippen LogP contribution < -0.4 is 4.74 Å². The summed E-state index contributed by atoms with van der Waals surface area (Å²) in [5.74, 6) is -1.69. The number of rotatable bonds is 4. The summed E-state index contributed by atoms with van der Waals surface area (Å²) in [4.78, 5) is 41.9. The predicted octanol–water partition coefficient (Wildman–Crippen LogP) is 2.45. The van der Waals surface area contributed by atoms with Crippen LogP contribution in [0, 0.1) is 11.8 Å². The second-order valence-corrected chi connectivity index (χ2v) is 7.68. The lowest BCUT2D eigenvalue weighted by Gasteiger charge is -2.22. The molecule has 0 saturated carbocycles. The van der Waals surface area contributed by atoms with Gasteiger partial charge in [0.1, 0.15) is 5.75 Å². The van der Waals surface area contributed by atoms with Crippen molar-refractivity contribution in [1.82, 2.24) is 14.8 Å². The summed E-state index contributed by atoms with van der Waals surface area (Å²) < 4.78 is 36.9. The number of carbonyl (C=O) groups excluding carboxylic acids is 2. The summed E-state index contributed by atoms with van der Waals surface area (Å²) in [6.45, 7) is 2.45. The van der Waals surface area contributed by atoms with E-state index in [1.165, 1.54) is 0 Å². The van der Waals surface area contributed by atoms with Crippen LogP contribution in [0.3, 0.4) is 0 Å². The highest BCUT2D eigenvalue weighted by atomic mass is 19.4. The molecule has 2 saturated heterocycles. The maximum absolute atomic E-state index is 12.8. The molecule has 0 spiro atoms. The van der Waals surface area contributed by atoms with Crippen molar-refractivity contribution < 1.29 is 37.4 Å². The molecule has 2 amide bonds. The van der Waals surface area contributed by atoms with Gasteiger partial charge in [-0.3, -0.25) is 14.6 Å². The maximum atomic E-state index is 12.8. The van der Waals surface area contributed by atoms with E-state index in [9.17, 15) is 22.8 Å². The Balaban J connectivity index is 0.000000383. The van der Waals surface area contributed by atoms with Crippen molar-refractivity contribution in [3.8, 4) is 5.75 Å². The Hall–Kier alpha value is -3.63. The first-order valence-electron chi connectivity index (χ1n) is 10.0. The summed E-state index contributed by atoms with van der Waals surface area (Å²) in [6.07, 6.45) is -1.85. The van der Waals surface area contributed by atoms with E-state index in [2.05, 4.69) is 4.98 Å². The summed E-state index contributed by atoms with van der Waals surface area (Å²) in [6, 6.07) is 11.2. The highest BCUT2D eigenvalue weighted by Gasteiger charge is 2.47. The number of carbonyl (C=O) groups is 3. The van der Waals surface area contributed by atoms with Gasteiger partial charge in [-0.05, 0) is 29.8 Å². The van der Waals surface area contributed by atoms with E-state index in [0.29, 0.717) is 31.7 Å². The van der Waals surface area contributed by atoms with Gasteiger partial charge in [-0.15, -0.1) is 0 Å². The first kappa shape index (κ1) is 24.0. The SMILES string of the molecule is COc1ccc(CN2C[C@@H]3CN(C(=O)c4ccncc4)C[C@@H]3C2=O)cc1.O=C(O)C(F)(F)F. The van der Waals surface area contributed by atoms with E-state index in [4.69, 9.17) is 14.6 Å². The zero-order valence-electron chi connectivity index (χ0n) is 17.7. The van der Waals surface area contributed by atoms with E-state index in [1.807, 2.05) is 29.2 Å². The molecule has 0 bridgehead atoms. The fourth-order valence-corrected chi connectivity index (χ4v) is 3.88. The first-order chi connectivity index (χ1) is 15.6. The average molecular weight is 465 g/mol. The second-order valence-electron chi connectivity index (χ2n) is 7.68. The van der Waals surface area contributed by atoms with Gasteiger partial charge in [0.15, 0.2) is 0 Å². The van der Waals surface area contributed by atoms with Crippen molar-refractivity contribution in [3.63, 3.8) is 0 Å². The number of halogens is 3. The summed E-state index contributed by atoms with van der Waals surface area (Å²) >= 11 is 0. The number of hydrogen-bond donors (Lipinski definition) is 1. The van der Waals surface area contributed by atoms with E-state index in [1.54, 1.807) is 36.5 Å². The quantitative estimate of drug-likeness (QED) is 0.745. The number of likely N-dealkylation sites (tertiary alicyclic amines) is 2. The fourth-order valence-electron chi connectivity index (χ4n) is 3.88. The molecular weight excluding hydrogens is 443 g/mol. The van der Waals surface area contributed by atoms with Crippen molar-refractivity contribution in [2.45, 2.75) is 12.7 Å². The number of benzene rings is 1. The van der Waals surface area contributed by atoms with Crippen molar-refractivity contribution in [2.75, 3.05) is 26.7 Å². The van der Waals surface area contributed by atoms with Gasteiger partial charge in [-0.2, -0.15) is 13.2 Å². The van der Waals surface area contributed by atoms with Gasteiger partial charge in [-0.1, -0.05) is 12.1 Å². The number of hydrogen-bond acceptors (Lipinski definition) is 5. The number of pyridine rings is 1. The van der Waals surface area contributed by atoms with Crippen LogP contribution in [0.2, 0.25) is 0 Å². The molecule has 8 nitrogen and oxygen atoms in total. The molecule has 0 radical (unpaired) electrons. The smallest absolute Gasteiger partial charge is 0.490 e. The highest BCUT2D eigenvalue weighted by molar-refractivity contribution is 5.95. The molecule has 1 aromatic heterocycles. The molecule has 2 aliphatic heterocycles. The normalized spacial score (nSPS) is 19.6. The Morgan fingerprint density at radius 2 is 1.70 bits per heavy atom. The average Bonchev–Trinajstić information content (AvgIpc) is 3.33. The van der Waals surface area contributed by atoms with Gasteiger partial charge < -0.3 is 19.6 Å². The third-order valence-corrected chi connectivity index (χ3v) is 5.51. The zero-order chi connectivity index (χ0) is 24.2. The van der Waals surface area contributed by atoms with E-state index >= 15 is 0 Å². The van der Waals surface area contributed by atoms with Gasteiger partial charge in [0.05, 0.1) is 13.0 Å². The molecular formula is C22H22F3N3O5. The molecule has 2 aliphatic rings.